The van der Waals surface area contributed by atoms with Crippen LogP contribution in [0.25, 0.3) is 0 Å². The lowest BCUT2D eigenvalue weighted by atomic mass is 10.3. The van der Waals surface area contributed by atoms with Gasteiger partial charge in [-0.2, -0.15) is 0 Å². The van der Waals surface area contributed by atoms with Crippen LogP contribution in [0, 0.1) is 7.05 Å². The summed E-state index contributed by atoms with van der Waals surface area (Å²) in [4.78, 5) is 4.21. The van der Waals surface area contributed by atoms with E-state index in [1.807, 2.05) is 24.4 Å². The molecule has 0 aliphatic heterocycles. The number of hydrogen-bond acceptors (Lipinski definition) is 1. The first-order chi connectivity index (χ1) is 5.08. The summed E-state index contributed by atoms with van der Waals surface area (Å²) in [5.41, 5.74) is 1.09. The minimum atomic E-state index is 0.678. The summed E-state index contributed by atoms with van der Waals surface area (Å²) in [6.45, 7) is 0.876. The highest BCUT2D eigenvalue weighted by atomic mass is 15.3. The average Bonchev–Trinajstić information content (AvgIpc) is 1.85. The van der Waals surface area contributed by atoms with Crippen LogP contribution in [0.4, 0.5) is 0 Å². The molecular formula is C9H14N2. The van der Waals surface area contributed by atoms with E-state index in [4.69, 9.17) is 0 Å². The summed E-state index contributed by atoms with van der Waals surface area (Å²) in [5, 5.41) is 0. The third-order valence-electron chi connectivity index (χ3n) is 1.32. The Morgan fingerprint density at radius 3 is 2.64 bits per heavy atom. The molecule has 0 fully saturated rings. The Morgan fingerprint density at radius 2 is 2.18 bits per heavy atom. The molecule has 0 aliphatic carbocycles. The van der Waals surface area contributed by atoms with Gasteiger partial charge in [0.15, 0.2) is 0 Å². The number of pyridine rings is 1. The summed E-state index contributed by atoms with van der Waals surface area (Å²) < 4.78 is 0.678. The average molecular weight is 150 g/mol. The van der Waals surface area contributed by atoms with Crippen LogP contribution in [0.1, 0.15) is 5.69 Å². The second-order valence-corrected chi connectivity index (χ2v) is 3.41. The minimum Gasteiger partial charge on any atom is -0.457 e. The fraction of sp³-hybridized carbons (Fsp3) is 0.333. The van der Waals surface area contributed by atoms with Crippen molar-refractivity contribution in [3.05, 3.63) is 37.1 Å². The Labute approximate surface area is 68.1 Å². The number of nitrogens with zero attached hydrogens (tertiary/aromatic N) is 2. The fourth-order valence-electron chi connectivity index (χ4n) is 0.930. The van der Waals surface area contributed by atoms with Crippen LogP contribution < -0.4 is 0 Å². The maximum absolute atomic E-state index is 4.21. The molecule has 0 aromatic carbocycles. The number of aromatic nitrogens is 1. The molecule has 60 valence electrons. The highest BCUT2D eigenvalue weighted by molar-refractivity contribution is 5.01. The molecule has 0 unspecified atom stereocenters. The van der Waals surface area contributed by atoms with E-state index in [1.54, 1.807) is 0 Å². The molecule has 2 nitrogen and oxygen atoms in total. The standard InChI is InChI=1S/C9H14N2/c1-11(2,3)8-9-6-4-5-7-10-9/h4-7H,1,8H2,2-3H3. The molecule has 11 heavy (non-hydrogen) atoms. The maximum Gasteiger partial charge on any atom is 0.0971 e. The maximum atomic E-state index is 4.21. The zero-order valence-electron chi connectivity index (χ0n) is 7.12. The van der Waals surface area contributed by atoms with Crippen LogP contribution in [-0.2, 0) is 6.54 Å². The van der Waals surface area contributed by atoms with Gasteiger partial charge in [-0.25, -0.2) is 0 Å². The van der Waals surface area contributed by atoms with E-state index in [2.05, 4.69) is 26.1 Å². The van der Waals surface area contributed by atoms with Gasteiger partial charge in [-0.1, -0.05) is 6.07 Å². The van der Waals surface area contributed by atoms with Gasteiger partial charge in [0.25, 0.3) is 0 Å². The van der Waals surface area contributed by atoms with E-state index in [1.165, 1.54) is 0 Å². The monoisotopic (exact) mass is 150 g/mol. The van der Waals surface area contributed by atoms with Crippen molar-refractivity contribution in [3.8, 4) is 0 Å². The van der Waals surface area contributed by atoms with E-state index >= 15 is 0 Å². The minimum absolute atomic E-state index is 0.678. The van der Waals surface area contributed by atoms with Gasteiger partial charge in [-0.15, -0.1) is 7.05 Å². The largest absolute Gasteiger partial charge is 0.457 e. The van der Waals surface area contributed by atoms with Crippen LogP contribution in [0.5, 0.6) is 0 Å². The molecule has 1 heterocycles. The van der Waals surface area contributed by atoms with Crippen LogP contribution in [-0.4, -0.2) is 23.6 Å². The first-order valence-electron chi connectivity index (χ1n) is 3.65. The van der Waals surface area contributed by atoms with Gasteiger partial charge >= 0.3 is 0 Å². The van der Waals surface area contributed by atoms with E-state index < -0.39 is 0 Å². The van der Waals surface area contributed by atoms with Crippen LogP contribution >= 0.6 is 0 Å². The van der Waals surface area contributed by atoms with Crippen LogP contribution in [0.2, 0.25) is 0 Å². The lowest BCUT2D eigenvalue weighted by Crippen LogP contribution is -2.31. The first-order valence-corrected chi connectivity index (χ1v) is 3.65. The molecular weight excluding hydrogens is 136 g/mol. The van der Waals surface area contributed by atoms with Gasteiger partial charge in [-0.05, 0) is 12.1 Å². The van der Waals surface area contributed by atoms with Crippen LogP contribution in [0.3, 0.4) is 0 Å². The highest BCUT2D eigenvalue weighted by Crippen LogP contribution is 2.03. The number of hydrogen-bond donors (Lipinski definition) is 0. The zero-order chi connectivity index (χ0) is 8.32. The van der Waals surface area contributed by atoms with Crippen molar-refractivity contribution < 1.29 is 4.48 Å². The molecule has 2 heteroatoms. The Balaban J connectivity index is 2.66. The predicted molar refractivity (Wildman–Crippen MR) is 45.4 cm³/mol. The molecule has 1 aromatic heterocycles. The van der Waals surface area contributed by atoms with E-state index in [0.717, 1.165) is 12.2 Å². The summed E-state index contributed by atoms with van der Waals surface area (Å²) in [6, 6.07) is 5.94. The van der Waals surface area contributed by atoms with Crippen molar-refractivity contribution in [1.82, 2.24) is 4.98 Å². The van der Waals surface area contributed by atoms with Gasteiger partial charge in [-0.3, -0.25) is 4.98 Å². The van der Waals surface area contributed by atoms with Crippen molar-refractivity contribution in [3.63, 3.8) is 0 Å². The second kappa shape index (κ2) is 3.01. The predicted octanol–water partition coefficient (Wildman–Crippen LogP) is 1.45. The van der Waals surface area contributed by atoms with E-state index in [9.17, 15) is 0 Å². The lowest BCUT2D eigenvalue weighted by Gasteiger charge is -2.32. The molecule has 1 rings (SSSR count). The van der Waals surface area contributed by atoms with Gasteiger partial charge in [0, 0.05) is 20.3 Å². The molecule has 0 atom stereocenters. The van der Waals surface area contributed by atoms with E-state index in [0.29, 0.717) is 4.48 Å². The summed E-state index contributed by atoms with van der Waals surface area (Å²) >= 11 is 0. The summed E-state index contributed by atoms with van der Waals surface area (Å²) in [5.74, 6) is 0. The molecule has 0 radical (unpaired) electrons. The van der Waals surface area contributed by atoms with E-state index in [-0.39, 0.29) is 0 Å². The molecule has 0 saturated heterocycles. The number of rotatable bonds is 2. The number of quaternary nitrogens is 1. The quantitative estimate of drug-likeness (QED) is 0.459. The molecule has 0 amide bonds. The normalized spacial score (nSPS) is 11.5. The SMILES string of the molecule is [CH2-][N+](C)(C)Cc1ccccn1. The summed E-state index contributed by atoms with van der Waals surface area (Å²) in [7, 11) is 8.06. The van der Waals surface area contributed by atoms with Crippen molar-refractivity contribution in [2.24, 2.45) is 0 Å². The Kier molecular flexibility index (Phi) is 2.25. The van der Waals surface area contributed by atoms with Crippen molar-refractivity contribution in [2.75, 3.05) is 14.1 Å². The molecule has 0 aliphatic rings. The third-order valence-corrected chi connectivity index (χ3v) is 1.32. The summed E-state index contributed by atoms with van der Waals surface area (Å²) in [6.07, 6.45) is 1.81. The molecule has 1 aromatic rings. The Morgan fingerprint density at radius 1 is 1.45 bits per heavy atom. The van der Waals surface area contributed by atoms with Gasteiger partial charge in [0.2, 0.25) is 0 Å². The lowest BCUT2D eigenvalue weighted by molar-refractivity contribution is -0.859. The first kappa shape index (κ1) is 8.21. The Bertz CT molecular complexity index is 211. The fourth-order valence-corrected chi connectivity index (χ4v) is 0.930. The third kappa shape index (κ3) is 3.14. The smallest absolute Gasteiger partial charge is 0.0971 e. The second-order valence-electron chi connectivity index (χ2n) is 3.41. The van der Waals surface area contributed by atoms with Crippen LogP contribution in [0.15, 0.2) is 24.4 Å². The highest BCUT2D eigenvalue weighted by Gasteiger charge is 2.01. The van der Waals surface area contributed by atoms with Gasteiger partial charge in [0.1, 0.15) is 0 Å². The molecule has 0 N–H and O–H groups in total. The topological polar surface area (TPSA) is 12.9 Å². The van der Waals surface area contributed by atoms with Gasteiger partial charge < -0.3 is 4.48 Å². The molecule has 0 spiro atoms. The van der Waals surface area contributed by atoms with Crippen molar-refractivity contribution in [2.45, 2.75) is 6.54 Å². The van der Waals surface area contributed by atoms with Crippen molar-refractivity contribution >= 4 is 0 Å². The molecule has 0 saturated carbocycles. The van der Waals surface area contributed by atoms with Crippen molar-refractivity contribution in [1.29, 1.82) is 0 Å². The van der Waals surface area contributed by atoms with Gasteiger partial charge in [0.05, 0.1) is 12.2 Å². The molecule has 0 bridgehead atoms. The Hall–Kier alpha value is -0.890. The zero-order valence-corrected chi connectivity index (χ0v) is 7.12.